The fourth-order valence-electron chi connectivity index (χ4n) is 4.20. The van der Waals surface area contributed by atoms with Crippen LogP contribution in [0, 0.1) is 0 Å². The van der Waals surface area contributed by atoms with Crippen molar-refractivity contribution in [2.24, 2.45) is 0 Å². The van der Waals surface area contributed by atoms with Crippen LogP contribution < -0.4 is 5.56 Å². The van der Waals surface area contributed by atoms with Crippen molar-refractivity contribution in [3.05, 3.63) is 36.9 Å². The molecule has 0 spiro atoms. The molecule has 8 heteroatoms. The lowest BCUT2D eigenvalue weighted by atomic mass is 9.97. The first-order valence-electron chi connectivity index (χ1n) is 10.5. The van der Waals surface area contributed by atoms with Gasteiger partial charge in [-0.1, -0.05) is 18.7 Å². The Morgan fingerprint density at radius 2 is 2.17 bits per heavy atom. The zero-order valence-electron chi connectivity index (χ0n) is 16.6. The zero-order valence-corrected chi connectivity index (χ0v) is 19.1. The zero-order chi connectivity index (χ0) is 19.8. The quantitative estimate of drug-likeness (QED) is 0.400. The molecule has 1 aliphatic carbocycles. The Kier molecular flexibility index (Phi) is 5.78. The third kappa shape index (κ3) is 3.92. The highest BCUT2D eigenvalue weighted by molar-refractivity contribution is 7.98. The summed E-state index contributed by atoms with van der Waals surface area (Å²) >= 11 is 5.06. The van der Waals surface area contributed by atoms with Crippen LogP contribution in [0.3, 0.4) is 0 Å². The molecule has 5 nitrogen and oxygen atoms in total. The summed E-state index contributed by atoms with van der Waals surface area (Å²) in [5.74, 6) is 0.741. The molecule has 1 aliphatic heterocycles. The molecule has 0 saturated carbocycles. The van der Waals surface area contributed by atoms with Crippen LogP contribution in [0.25, 0.3) is 10.2 Å². The third-order valence-electron chi connectivity index (χ3n) is 5.70. The molecule has 0 N–H and O–H groups in total. The average molecular weight is 448 g/mol. The van der Waals surface area contributed by atoms with E-state index >= 15 is 0 Å². The second-order valence-electron chi connectivity index (χ2n) is 7.71. The van der Waals surface area contributed by atoms with Gasteiger partial charge in [0.15, 0.2) is 5.16 Å². The molecule has 0 radical (unpaired) electrons. The minimum atomic E-state index is 0.117. The highest BCUT2D eigenvalue weighted by atomic mass is 32.2. The maximum atomic E-state index is 13.6. The van der Waals surface area contributed by atoms with E-state index in [1.807, 2.05) is 4.57 Å². The number of ether oxygens (including phenoxy) is 1. The van der Waals surface area contributed by atoms with Crippen molar-refractivity contribution in [3.8, 4) is 0 Å². The second kappa shape index (κ2) is 8.49. The molecule has 0 aromatic carbocycles. The highest BCUT2D eigenvalue weighted by Crippen LogP contribution is 2.35. The van der Waals surface area contributed by atoms with E-state index < -0.39 is 0 Å². The Morgan fingerprint density at radius 1 is 1.28 bits per heavy atom. The van der Waals surface area contributed by atoms with Gasteiger partial charge in [0, 0.05) is 22.6 Å². The Bertz CT molecular complexity index is 1080. The number of nitrogens with zero attached hydrogens (tertiary/aromatic N) is 3. The third-order valence-corrected chi connectivity index (χ3v) is 8.94. The van der Waals surface area contributed by atoms with Crippen molar-refractivity contribution in [3.63, 3.8) is 0 Å². The summed E-state index contributed by atoms with van der Waals surface area (Å²) < 4.78 is 7.74. The number of thiophene rings is 1. The summed E-state index contributed by atoms with van der Waals surface area (Å²) in [7, 11) is 0. The second-order valence-corrected chi connectivity index (χ2v) is 10.7. The van der Waals surface area contributed by atoms with Gasteiger partial charge in [-0.2, -0.15) is 0 Å². The molecule has 1 saturated heterocycles. The number of fused-ring (bicyclic) bond motifs is 3. The molecule has 4 heterocycles. The van der Waals surface area contributed by atoms with E-state index in [2.05, 4.69) is 17.3 Å². The maximum absolute atomic E-state index is 13.6. The number of aromatic nitrogens is 3. The van der Waals surface area contributed by atoms with Gasteiger partial charge in [-0.15, -0.1) is 22.7 Å². The standard InChI is InChI=1S/C21H25N3O2S3/c1-2-17-22-13(11-27-17)12-28-21-23-19-18(15-7-3-4-8-16(15)29-19)20(25)24(21)10-14-6-5-9-26-14/h11,14H,2-10,12H2,1H3/t14-/m0/s1. The van der Waals surface area contributed by atoms with Crippen molar-refractivity contribution < 1.29 is 4.74 Å². The lowest BCUT2D eigenvalue weighted by molar-refractivity contribution is 0.0937. The molecule has 2 aliphatic rings. The van der Waals surface area contributed by atoms with Gasteiger partial charge in [0.25, 0.3) is 5.56 Å². The van der Waals surface area contributed by atoms with Crippen molar-refractivity contribution in [2.45, 2.75) is 75.4 Å². The number of thioether (sulfide) groups is 1. The first-order valence-corrected chi connectivity index (χ1v) is 13.1. The van der Waals surface area contributed by atoms with Crippen LogP contribution in [-0.4, -0.2) is 27.2 Å². The van der Waals surface area contributed by atoms with E-state index in [1.54, 1.807) is 34.4 Å². The smallest absolute Gasteiger partial charge is 0.263 e. The molecular formula is C21H25N3O2S3. The molecule has 1 fully saturated rings. The lowest BCUT2D eigenvalue weighted by Crippen LogP contribution is -2.29. The Hall–Kier alpha value is -1.22. The van der Waals surface area contributed by atoms with E-state index in [4.69, 9.17) is 9.72 Å². The van der Waals surface area contributed by atoms with Crippen LogP contribution in [0.1, 0.15) is 53.7 Å². The number of rotatable bonds is 6. The fraction of sp³-hybridized carbons (Fsp3) is 0.571. The largest absolute Gasteiger partial charge is 0.376 e. The highest BCUT2D eigenvalue weighted by Gasteiger charge is 2.25. The van der Waals surface area contributed by atoms with E-state index in [9.17, 15) is 4.79 Å². The summed E-state index contributed by atoms with van der Waals surface area (Å²) in [4.78, 5) is 25.5. The van der Waals surface area contributed by atoms with Gasteiger partial charge >= 0.3 is 0 Å². The first kappa shape index (κ1) is 19.7. The molecule has 3 aromatic heterocycles. The topological polar surface area (TPSA) is 57.0 Å². The predicted molar refractivity (Wildman–Crippen MR) is 121 cm³/mol. The van der Waals surface area contributed by atoms with Gasteiger partial charge in [0.1, 0.15) is 4.83 Å². The lowest BCUT2D eigenvalue weighted by Gasteiger charge is -2.16. The van der Waals surface area contributed by atoms with Crippen molar-refractivity contribution in [2.75, 3.05) is 6.61 Å². The number of hydrogen-bond donors (Lipinski definition) is 0. The Morgan fingerprint density at radius 3 is 2.97 bits per heavy atom. The molecule has 154 valence electrons. The van der Waals surface area contributed by atoms with Crippen LogP contribution in [0.5, 0.6) is 0 Å². The Labute approximate surface area is 182 Å². The normalized spacial score (nSPS) is 19.1. The molecule has 0 amide bonds. The van der Waals surface area contributed by atoms with Crippen molar-refractivity contribution in [1.29, 1.82) is 0 Å². The summed E-state index contributed by atoms with van der Waals surface area (Å²) in [6, 6.07) is 0. The van der Waals surface area contributed by atoms with E-state index in [0.717, 1.165) is 70.5 Å². The van der Waals surface area contributed by atoms with E-state index in [0.29, 0.717) is 6.54 Å². The Balaban J connectivity index is 1.53. The molecule has 0 unspecified atom stereocenters. The van der Waals surface area contributed by atoms with Gasteiger partial charge in [-0.3, -0.25) is 9.36 Å². The molecule has 29 heavy (non-hydrogen) atoms. The molecule has 0 bridgehead atoms. The average Bonchev–Trinajstić information content (AvgIpc) is 3.48. The molecule has 5 rings (SSSR count). The van der Waals surface area contributed by atoms with Gasteiger partial charge in [-0.25, -0.2) is 9.97 Å². The van der Waals surface area contributed by atoms with E-state index in [1.165, 1.54) is 23.3 Å². The fourth-order valence-corrected chi connectivity index (χ4v) is 7.25. The van der Waals surface area contributed by atoms with E-state index in [-0.39, 0.29) is 11.7 Å². The van der Waals surface area contributed by atoms with Gasteiger partial charge in [-0.05, 0) is 50.5 Å². The predicted octanol–water partition coefficient (Wildman–Crippen LogP) is 4.83. The molecule has 1 atom stereocenters. The molecule has 3 aromatic rings. The summed E-state index contributed by atoms with van der Waals surface area (Å²) in [5, 5.41) is 4.96. The van der Waals surface area contributed by atoms with Gasteiger partial charge < -0.3 is 4.74 Å². The maximum Gasteiger partial charge on any atom is 0.263 e. The monoisotopic (exact) mass is 447 g/mol. The van der Waals surface area contributed by atoms with Crippen LogP contribution in [0.2, 0.25) is 0 Å². The van der Waals surface area contributed by atoms with Crippen LogP contribution in [0.4, 0.5) is 0 Å². The molecular weight excluding hydrogens is 422 g/mol. The van der Waals surface area contributed by atoms with Crippen molar-refractivity contribution in [1.82, 2.24) is 14.5 Å². The van der Waals surface area contributed by atoms with Gasteiger partial charge in [0.05, 0.1) is 28.7 Å². The minimum Gasteiger partial charge on any atom is -0.376 e. The van der Waals surface area contributed by atoms with Crippen LogP contribution in [0.15, 0.2) is 15.3 Å². The number of aryl methyl sites for hydroxylation is 3. The first-order chi connectivity index (χ1) is 14.2. The minimum absolute atomic E-state index is 0.117. The number of hydrogen-bond acceptors (Lipinski definition) is 7. The summed E-state index contributed by atoms with van der Waals surface area (Å²) in [5.41, 5.74) is 2.46. The van der Waals surface area contributed by atoms with Crippen LogP contribution >= 0.6 is 34.4 Å². The van der Waals surface area contributed by atoms with Crippen molar-refractivity contribution >= 4 is 44.7 Å². The van der Waals surface area contributed by atoms with Gasteiger partial charge in [0.2, 0.25) is 0 Å². The van der Waals surface area contributed by atoms with Crippen LogP contribution in [-0.2, 0) is 36.3 Å². The summed E-state index contributed by atoms with van der Waals surface area (Å²) in [6.07, 6.45) is 7.65. The number of thiazole rings is 1. The SMILES string of the molecule is CCc1nc(CSc2nc3sc4c(c3c(=O)n2C[C@@H]2CCCO2)CCCC4)cs1. The summed E-state index contributed by atoms with van der Waals surface area (Å²) in [6.45, 7) is 3.53.